The van der Waals surface area contributed by atoms with E-state index in [2.05, 4.69) is 37.5 Å². The van der Waals surface area contributed by atoms with Crippen LogP contribution in [0.4, 0.5) is 0 Å². The van der Waals surface area contributed by atoms with Crippen molar-refractivity contribution in [2.24, 2.45) is 11.8 Å². The van der Waals surface area contributed by atoms with E-state index in [9.17, 15) is 19.8 Å². The minimum absolute atomic E-state index is 0.0661. The van der Waals surface area contributed by atoms with E-state index in [-0.39, 0.29) is 25.2 Å². The first-order chi connectivity index (χ1) is 27.9. The minimum atomic E-state index is -0.0661. The third-order valence-corrected chi connectivity index (χ3v) is 11.8. The minimum Gasteiger partial charge on any atom is -0.465 e. The van der Waals surface area contributed by atoms with Crippen LogP contribution in [-0.4, -0.2) is 97.6 Å². The van der Waals surface area contributed by atoms with Gasteiger partial charge in [-0.3, -0.25) is 9.59 Å². The molecule has 0 aromatic rings. The normalized spacial score (nSPS) is 12.8. The molecule has 340 valence electrons. The molecule has 0 saturated carbocycles. The van der Waals surface area contributed by atoms with Crippen LogP contribution in [0, 0.1) is 11.8 Å². The van der Waals surface area contributed by atoms with Crippen LogP contribution in [0.5, 0.6) is 0 Å². The van der Waals surface area contributed by atoms with Crippen molar-refractivity contribution in [3.05, 3.63) is 0 Å². The van der Waals surface area contributed by atoms with Gasteiger partial charge in [-0.25, -0.2) is 0 Å². The molecule has 0 spiro atoms. The zero-order chi connectivity index (χ0) is 41.9. The average molecular weight is 811 g/mol. The van der Waals surface area contributed by atoms with Gasteiger partial charge in [0.15, 0.2) is 0 Å². The Kier molecular flexibility index (Phi) is 43.4. The summed E-state index contributed by atoms with van der Waals surface area (Å²) >= 11 is 0. The summed E-state index contributed by atoms with van der Waals surface area (Å²) in [5.74, 6) is 0.851. The summed E-state index contributed by atoms with van der Waals surface area (Å²) in [7, 11) is 0. The van der Waals surface area contributed by atoms with Gasteiger partial charge in [0.1, 0.15) is 0 Å². The maximum atomic E-state index is 12.7. The molecule has 0 bridgehead atoms. The van der Waals surface area contributed by atoms with Crippen LogP contribution >= 0.6 is 0 Å². The van der Waals surface area contributed by atoms with Gasteiger partial charge in [-0.05, 0) is 95.8 Å². The van der Waals surface area contributed by atoms with Crippen molar-refractivity contribution in [3.8, 4) is 0 Å². The molecule has 0 aliphatic heterocycles. The number of nitrogens with zero attached hydrogens (tertiary/aromatic N) is 2. The van der Waals surface area contributed by atoms with Gasteiger partial charge in [0.2, 0.25) is 0 Å². The van der Waals surface area contributed by atoms with Crippen molar-refractivity contribution < 1.29 is 29.3 Å². The fraction of sp³-hybridized carbons (Fsp3) is 0.959. The predicted octanol–water partition coefficient (Wildman–Crippen LogP) is 12.1. The number of esters is 2. The summed E-state index contributed by atoms with van der Waals surface area (Å²) in [5, 5.41) is 19.4. The molecular formula is C49H98N2O6. The first kappa shape index (κ1) is 55.8. The Balaban J connectivity index is 4.45. The lowest BCUT2D eigenvalue weighted by Gasteiger charge is -2.25. The molecule has 2 unspecified atom stereocenters. The molecule has 0 heterocycles. The summed E-state index contributed by atoms with van der Waals surface area (Å²) in [6.07, 6.45) is 35.7. The molecule has 0 saturated heterocycles. The Morgan fingerprint density at radius 2 is 0.684 bits per heavy atom. The van der Waals surface area contributed by atoms with Gasteiger partial charge in [-0.1, -0.05) is 156 Å². The number of hydrogen-bond donors (Lipinski definition) is 2. The highest BCUT2D eigenvalue weighted by Gasteiger charge is 2.15. The Hall–Kier alpha value is -1.22. The van der Waals surface area contributed by atoms with Crippen molar-refractivity contribution in [3.63, 3.8) is 0 Å². The first-order valence-electron chi connectivity index (χ1n) is 24.9. The number of rotatable bonds is 46. The fourth-order valence-electron chi connectivity index (χ4n) is 8.02. The second-order valence-electron chi connectivity index (χ2n) is 17.3. The zero-order valence-electron chi connectivity index (χ0n) is 38.6. The summed E-state index contributed by atoms with van der Waals surface area (Å²) < 4.78 is 11.6. The number of aliphatic hydroxyl groups excluding tert-OH is 2. The van der Waals surface area contributed by atoms with E-state index in [4.69, 9.17) is 9.47 Å². The molecule has 2 N–H and O–H groups in total. The molecule has 8 nitrogen and oxygen atoms in total. The summed E-state index contributed by atoms with van der Waals surface area (Å²) in [5.41, 5.74) is 0. The largest absolute Gasteiger partial charge is 0.465 e. The van der Waals surface area contributed by atoms with E-state index in [0.29, 0.717) is 51.0 Å². The van der Waals surface area contributed by atoms with Crippen molar-refractivity contribution in [2.45, 2.75) is 227 Å². The fourth-order valence-corrected chi connectivity index (χ4v) is 8.02. The number of unbranched alkanes of at least 4 members (excludes halogenated alkanes) is 18. The summed E-state index contributed by atoms with van der Waals surface area (Å²) in [4.78, 5) is 29.9. The molecule has 0 aliphatic rings. The number of hydrogen-bond acceptors (Lipinski definition) is 8. The molecule has 0 aromatic heterocycles. The van der Waals surface area contributed by atoms with E-state index >= 15 is 0 Å². The highest BCUT2D eigenvalue weighted by atomic mass is 16.5. The lowest BCUT2D eigenvalue weighted by Crippen LogP contribution is -2.34. The molecule has 57 heavy (non-hydrogen) atoms. The van der Waals surface area contributed by atoms with Crippen molar-refractivity contribution in [2.75, 3.05) is 65.7 Å². The maximum absolute atomic E-state index is 12.7. The molecule has 0 aliphatic carbocycles. The Bertz CT molecular complexity index is 779. The van der Waals surface area contributed by atoms with Crippen molar-refractivity contribution >= 4 is 11.9 Å². The molecule has 0 fully saturated rings. The third-order valence-electron chi connectivity index (χ3n) is 11.8. The summed E-state index contributed by atoms with van der Waals surface area (Å²) in [6.45, 7) is 15.1. The van der Waals surface area contributed by atoms with Crippen LogP contribution < -0.4 is 0 Å². The lowest BCUT2D eigenvalue weighted by molar-refractivity contribution is -0.146. The topological polar surface area (TPSA) is 99.5 Å². The number of aliphatic hydroxyl groups is 2. The SMILES string of the molecule is CCCCCCCCC(CCCCCC)COC(=O)CCCCN(CCO)CCCN(CCO)CCCCC(=O)OCC(CCCCCC)CCCCCCCC. The van der Waals surface area contributed by atoms with Crippen LogP contribution in [0.15, 0.2) is 0 Å². The predicted molar refractivity (Wildman–Crippen MR) is 242 cm³/mol. The zero-order valence-corrected chi connectivity index (χ0v) is 38.6. The number of ether oxygens (including phenoxy) is 2. The number of carbonyl (C=O) groups excluding carboxylic acids is 2. The van der Waals surface area contributed by atoms with Crippen LogP contribution in [0.25, 0.3) is 0 Å². The Morgan fingerprint density at radius 1 is 0.386 bits per heavy atom. The Morgan fingerprint density at radius 3 is 1.02 bits per heavy atom. The smallest absolute Gasteiger partial charge is 0.305 e. The molecule has 0 aromatic carbocycles. The molecule has 8 heteroatoms. The van der Waals surface area contributed by atoms with E-state index in [1.807, 2.05) is 0 Å². The van der Waals surface area contributed by atoms with Gasteiger partial charge in [-0.15, -0.1) is 0 Å². The van der Waals surface area contributed by atoms with Gasteiger partial charge >= 0.3 is 11.9 Å². The quantitative estimate of drug-likeness (QED) is 0.0463. The van der Waals surface area contributed by atoms with E-state index in [1.54, 1.807) is 0 Å². The third kappa shape index (κ3) is 38.7. The molecule has 0 radical (unpaired) electrons. The van der Waals surface area contributed by atoms with E-state index in [1.165, 1.54) is 154 Å². The van der Waals surface area contributed by atoms with Crippen LogP contribution in [0.1, 0.15) is 227 Å². The Labute approximate surface area is 354 Å². The summed E-state index contributed by atoms with van der Waals surface area (Å²) in [6, 6.07) is 0. The van der Waals surface area contributed by atoms with Crippen LogP contribution in [-0.2, 0) is 19.1 Å². The molecule has 0 rings (SSSR count). The standard InChI is InChI=1S/C49H98N2O6/c1-5-9-13-17-19-23-32-46(30-21-15-11-7-3)44-56-48(54)34-25-27-36-50(40-42-52)38-29-39-51(41-43-53)37-28-26-35-49(55)57-45-47(31-22-16-12-8-4)33-24-20-18-14-10-6-2/h46-47,52-53H,5-45H2,1-4H3. The number of carbonyl (C=O) groups is 2. The van der Waals surface area contributed by atoms with Gasteiger partial charge in [-0.2, -0.15) is 0 Å². The second-order valence-corrected chi connectivity index (χ2v) is 17.3. The second kappa shape index (κ2) is 44.3. The maximum Gasteiger partial charge on any atom is 0.305 e. The first-order valence-corrected chi connectivity index (χ1v) is 24.9. The van der Waals surface area contributed by atoms with Crippen molar-refractivity contribution in [1.29, 1.82) is 0 Å². The molecule has 2 atom stereocenters. The van der Waals surface area contributed by atoms with Crippen molar-refractivity contribution in [1.82, 2.24) is 9.80 Å². The highest BCUT2D eigenvalue weighted by Crippen LogP contribution is 2.21. The monoisotopic (exact) mass is 811 g/mol. The molecule has 0 amide bonds. The average Bonchev–Trinajstić information content (AvgIpc) is 3.21. The lowest BCUT2D eigenvalue weighted by atomic mass is 9.95. The molecular weight excluding hydrogens is 713 g/mol. The van der Waals surface area contributed by atoms with Crippen LogP contribution in [0.2, 0.25) is 0 Å². The van der Waals surface area contributed by atoms with Crippen LogP contribution in [0.3, 0.4) is 0 Å². The van der Waals surface area contributed by atoms with Gasteiger partial charge in [0, 0.05) is 25.9 Å². The van der Waals surface area contributed by atoms with Gasteiger partial charge in [0.25, 0.3) is 0 Å². The van der Waals surface area contributed by atoms with E-state index < -0.39 is 0 Å². The highest BCUT2D eigenvalue weighted by molar-refractivity contribution is 5.69. The van der Waals surface area contributed by atoms with Gasteiger partial charge < -0.3 is 29.5 Å². The van der Waals surface area contributed by atoms with E-state index in [0.717, 1.165) is 58.3 Å². The van der Waals surface area contributed by atoms with Gasteiger partial charge in [0.05, 0.1) is 26.4 Å².